The molecular weight excluding hydrogens is 358 g/mol. The van der Waals surface area contributed by atoms with E-state index in [1.807, 2.05) is 42.6 Å². The molecule has 0 aliphatic rings. The molecule has 25 heavy (non-hydrogen) atoms. The maximum Gasteiger partial charge on any atom is 0.274 e. The van der Waals surface area contributed by atoms with E-state index in [1.165, 1.54) is 10.6 Å². The molecule has 0 saturated carbocycles. The first-order valence-corrected chi connectivity index (χ1v) is 8.88. The minimum Gasteiger partial charge on any atom is -0.379 e. The molecule has 3 heterocycles. The summed E-state index contributed by atoms with van der Waals surface area (Å²) >= 11 is 7.68. The molecule has 0 aliphatic carbocycles. The predicted octanol–water partition coefficient (Wildman–Crippen LogP) is 3.72. The van der Waals surface area contributed by atoms with Crippen LogP contribution in [0, 0.1) is 6.92 Å². The van der Waals surface area contributed by atoms with Crippen LogP contribution < -0.4 is 10.9 Å². The highest BCUT2D eigenvalue weighted by Gasteiger charge is 2.10. The second-order valence-corrected chi connectivity index (χ2v) is 6.94. The first-order valence-electron chi connectivity index (χ1n) is 7.63. The van der Waals surface area contributed by atoms with E-state index < -0.39 is 0 Å². The number of thiophene rings is 1. The van der Waals surface area contributed by atoms with Gasteiger partial charge in [0.05, 0.1) is 17.1 Å². The Balaban J connectivity index is 1.62. The van der Waals surface area contributed by atoms with Gasteiger partial charge >= 0.3 is 0 Å². The number of fused-ring (bicyclic) bond motifs is 1. The van der Waals surface area contributed by atoms with Gasteiger partial charge in [0.15, 0.2) is 5.82 Å². The minimum absolute atomic E-state index is 0.195. The number of nitrogens with zero attached hydrogens (tertiary/aromatic N) is 3. The minimum atomic E-state index is -0.195. The summed E-state index contributed by atoms with van der Waals surface area (Å²) < 4.78 is 1.35. The van der Waals surface area contributed by atoms with Crippen molar-refractivity contribution in [2.24, 2.45) is 0 Å². The summed E-state index contributed by atoms with van der Waals surface area (Å²) in [4.78, 5) is 22.1. The number of aromatic nitrogens is 4. The maximum atomic E-state index is 12.3. The molecule has 1 aromatic carbocycles. The molecule has 0 amide bonds. The third-order valence-corrected chi connectivity index (χ3v) is 5.07. The van der Waals surface area contributed by atoms with Gasteiger partial charge < -0.3 is 5.32 Å². The molecule has 0 bridgehead atoms. The van der Waals surface area contributed by atoms with Gasteiger partial charge in [0.25, 0.3) is 11.3 Å². The van der Waals surface area contributed by atoms with Gasteiger partial charge in [-0.2, -0.15) is 9.50 Å². The average molecular weight is 372 g/mol. The fraction of sp³-hybridized carbons (Fsp3) is 0.118. The zero-order chi connectivity index (χ0) is 17.4. The van der Waals surface area contributed by atoms with Gasteiger partial charge in [0, 0.05) is 16.8 Å². The van der Waals surface area contributed by atoms with Crippen LogP contribution in [-0.2, 0) is 6.54 Å². The number of halogens is 1. The van der Waals surface area contributed by atoms with Crippen LogP contribution in [0.25, 0.3) is 16.5 Å². The van der Waals surface area contributed by atoms with Gasteiger partial charge in [-0.25, -0.2) is 4.98 Å². The lowest BCUT2D eigenvalue weighted by Gasteiger charge is -2.07. The van der Waals surface area contributed by atoms with Crippen molar-refractivity contribution in [1.29, 1.82) is 0 Å². The van der Waals surface area contributed by atoms with E-state index in [4.69, 9.17) is 11.6 Å². The number of anilines is 1. The van der Waals surface area contributed by atoms with Gasteiger partial charge in [-0.1, -0.05) is 23.7 Å². The lowest BCUT2D eigenvalue weighted by Crippen LogP contribution is -2.17. The summed E-state index contributed by atoms with van der Waals surface area (Å²) in [6.45, 7) is 2.36. The van der Waals surface area contributed by atoms with Crippen molar-refractivity contribution in [2.75, 3.05) is 5.32 Å². The van der Waals surface area contributed by atoms with Crippen LogP contribution in [0.4, 0.5) is 5.69 Å². The van der Waals surface area contributed by atoms with Gasteiger partial charge in [-0.3, -0.25) is 9.89 Å². The van der Waals surface area contributed by atoms with Gasteiger partial charge in [-0.15, -0.1) is 11.3 Å². The molecule has 0 spiro atoms. The Kier molecular flexibility index (Phi) is 4.03. The number of H-pyrrole nitrogens is 1. The number of nitrogens with one attached hydrogen (secondary N) is 2. The second kappa shape index (κ2) is 6.34. The van der Waals surface area contributed by atoms with Crippen LogP contribution in [0.3, 0.4) is 0 Å². The maximum absolute atomic E-state index is 12.3. The standard InChI is InChI=1S/C17H14ClN5OS/c1-10-4-5-11(7-13(10)18)19-9-12-8-15(24)23-17(20-12)21-16(22-23)14-3-2-6-25-14/h2-8,19H,9H2,1H3,(H,20,21,22). The molecule has 4 rings (SSSR count). The number of rotatable bonds is 4. The van der Waals surface area contributed by atoms with Crippen molar-refractivity contribution < 1.29 is 0 Å². The van der Waals surface area contributed by atoms with Crippen LogP contribution >= 0.6 is 22.9 Å². The first kappa shape index (κ1) is 15.9. The smallest absolute Gasteiger partial charge is 0.274 e. The van der Waals surface area contributed by atoms with Crippen molar-refractivity contribution in [3.05, 3.63) is 68.4 Å². The Morgan fingerprint density at radius 2 is 2.16 bits per heavy atom. The molecule has 4 aromatic rings. The van der Waals surface area contributed by atoms with Crippen LogP contribution in [-0.4, -0.2) is 19.6 Å². The van der Waals surface area contributed by atoms with Gasteiger partial charge in [-0.05, 0) is 36.1 Å². The van der Waals surface area contributed by atoms with Crippen molar-refractivity contribution >= 4 is 34.4 Å². The Morgan fingerprint density at radius 3 is 2.92 bits per heavy atom. The van der Waals surface area contributed by atoms with Crippen LogP contribution in [0.1, 0.15) is 11.3 Å². The average Bonchev–Trinajstić information content (AvgIpc) is 3.25. The molecule has 126 valence electrons. The predicted molar refractivity (Wildman–Crippen MR) is 100 cm³/mol. The second-order valence-electron chi connectivity index (χ2n) is 5.59. The zero-order valence-corrected chi connectivity index (χ0v) is 14.9. The molecule has 0 radical (unpaired) electrons. The molecular formula is C17H14ClN5OS. The molecule has 8 heteroatoms. The molecule has 6 nitrogen and oxygen atoms in total. The lowest BCUT2D eigenvalue weighted by atomic mass is 10.2. The summed E-state index contributed by atoms with van der Waals surface area (Å²) in [6, 6.07) is 11.1. The molecule has 3 aromatic heterocycles. The number of hydrogen-bond acceptors (Lipinski definition) is 5. The summed E-state index contributed by atoms with van der Waals surface area (Å²) in [5.74, 6) is 0.990. The highest BCUT2D eigenvalue weighted by atomic mass is 35.5. The van der Waals surface area contributed by atoms with Crippen molar-refractivity contribution in [3.63, 3.8) is 0 Å². The number of benzene rings is 1. The molecule has 0 atom stereocenters. The Morgan fingerprint density at radius 1 is 1.28 bits per heavy atom. The summed E-state index contributed by atoms with van der Waals surface area (Å²) in [6.07, 6.45) is 0. The lowest BCUT2D eigenvalue weighted by molar-refractivity contribution is 0.879. The Bertz CT molecular complexity index is 1100. The topological polar surface area (TPSA) is 75.1 Å². The Hall–Kier alpha value is -2.64. The highest BCUT2D eigenvalue weighted by molar-refractivity contribution is 7.13. The molecule has 0 aliphatic heterocycles. The van der Waals surface area contributed by atoms with E-state index >= 15 is 0 Å². The normalized spacial score (nSPS) is 11.1. The van der Waals surface area contributed by atoms with Crippen LogP contribution in [0.2, 0.25) is 5.02 Å². The van der Waals surface area contributed by atoms with Crippen molar-refractivity contribution in [3.8, 4) is 10.7 Å². The third kappa shape index (κ3) is 3.16. The first-order chi connectivity index (χ1) is 12.1. The monoisotopic (exact) mass is 371 g/mol. The van der Waals surface area contributed by atoms with Crippen molar-refractivity contribution in [1.82, 2.24) is 19.6 Å². The van der Waals surface area contributed by atoms with Crippen molar-refractivity contribution in [2.45, 2.75) is 13.5 Å². The number of aromatic amines is 1. The molecule has 0 unspecified atom stereocenters. The SMILES string of the molecule is Cc1ccc(NCc2cc(=O)n3[nH]c(-c4cccs4)nc3n2)cc1Cl. The van der Waals surface area contributed by atoms with Gasteiger partial charge in [0.2, 0.25) is 0 Å². The summed E-state index contributed by atoms with van der Waals surface area (Å²) in [7, 11) is 0. The molecule has 0 saturated heterocycles. The Labute approximate surface area is 152 Å². The number of aryl methyl sites for hydroxylation is 1. The quantitative estimate of drug-likeness (QED) is 0.573. The fourth-order valence-electron chi connectivity index (χ4n) is 2.44. The fourth-order valence-corrected chi connectivity index (χ4v) is 3.28. The van der Waals surface area contributed by atoms with Crippen LogP contribution in [0.15, 0.2) is 46.6 Å². The largest absolute Gasteiger partial charge is 0.379 e. The van der Waals surface area contributed by atoms with E-state index in [0.717, 1.165) is 16.1 Å². The van der Waals surface area contributed by atoms with Gasteiger partial charge in [0.1, 0.15) is 0 Å². The van der Waals surface area contributed by atoms with E-state index in [9.17, 15) is 4.79 Å². The third-order valence-electron chi connectivity index (χ3n) is 3.78. The number of hydrogen-bond donors (Lipinski definition) is 2. The zero-order valence-electron chi connectivity index (χ0n) is 13.3. The van der Waals surface area contributed by atoms with E-state index in [0.29, 0.717) is 28.9 Å². The molecule has 0 fully saturated rings. The van der Waals surface area contributed by atoms with E-state index in [2.05, 4.69) is 20.4 Å². The van der Waals surface area contributed by atoms with Crippen LogP contribution in [0.5, 0.6) is 0 Å². The van der Waals surface area contributed by atoms with E-state index in [-0.39, 0.29) is 5.56 Å². The summed E-state index contributed by atoms with van der Waals surface area (Å²) in [5, 5.41) is 8.86. The molecule has 2 N–H and O–H groups in total. The highest BCUT2D eigenvalue weighted by Crippen LogP contribution is 2.21. The van der Waals surface area contributed by atoms with E-state index in [1.54, 1.807) is 11.3 Å². The summed E-state index contributed by atoms with van der Waals surface area (Å²) in [5.41, 5.74) is 2.31.